The minimum atomic E-state index is 0.765. The summed E-state index contributed by atoms with van der Waals surface area (Å²) in [5.41, 5.74) is 1.21. The molecule has 0 aliphatic rings. The Morgan fingerprint density at radius 2 is 1.95 bits per heavy atom. The van der Waals surface area contributed by atoms with Gasteiger partial charge in [0.1, 0.15) is 0 Å². The molecule has 0 amide bonds. The highest BCUT2D eigenvalue weighted by atomic mass is 32.2. The van der Waals surface area contributed by atoms with Crippen molar-refractivity contribution in [1.82, 2.24) is 5.32 Å². The van der Waals surface area contributed by atoms with Gasteiger partial charge in [0.25, 0.3) is 0 Å². The molecule has 0 radical (unpaired) electrons. The number of ether oxygens (including phenoxy) is 2. The standard InChI is InChI=1S/C15H21NO2S/c1-5-6-7-8-16-11-12-9-13(17-2)14(18-3)10-15(12)19-4/h1,9-10,16H,6-8,11H2,2-4H3. The second-order valence-electron chi connectivity index (χ2n) is 4.00. The molecule has 0 saturated heterocycles. The molecule has 19 heavy (non-hydrogen) atoms. The van der Waals surface area contributed by atoms with Crippen molar-refractivity contribution in [1.29, 1.82) is 0 Å². The highest BCUT2D eigenvalue weighted by molar-refractivity contribution is 7.98. The van der Waals surface area contributed by atoms with E-state index in [4.69, 9.17) is 15.9 Å². The van der Waals surface area contributed by atoms with E-state index < -0.39 is 0 Å². The van der Waals surface area contributed by atoms with Gasteiger partial charge in [0, 0.05) is 17.9 Å². The van der Waals surface area contributed by atoms with Crippen LogP contribution in [0.5, 0.6) is 11.5 Å². The Kier molecular flexibility index (Phi) is 7.24. The molecule has 104 valence electrons. The topological polar surface area (TPSA) is 30.5 Å². The van der Waals surface area contributed by atoms with Gasteiger partial charge in [-0.1, -0.05) is 0 Å². The van der Waals surface area contributed by atoms with Gasteiger partial charge < -0.3 is 14.8 Å². The van der Waals surface area contributed by atoms with E-state index in [1.807, 2.05) is 12.1 Å². The number of unbranched alkanes of at least 4 members (excludes halogenated alkanes) is 1. The molecule has 0 aliphatic heterocycles. The second kappa shape index (κ2) is 8.73. The molecule has 0 aromatic heterocycles. The summed E-state index contributed by atoms with van der Waals surface area (Å²) in [6.07, 6.45) is 9.10. The van der Waals surface area contributed by atoms with Crippen LogP contribution in [-0.2, 0) is 6.54 Å². The average molecular weight is 279 g/mol. The third kappa shape index (κ3) is 4.70. The Labute approximate surface area is 120 Å². The summed E-state index contributed by atoms with van der Waals surface area (Å²) < 4.78 is 10.6. The lowest BCUT2D eigenvalue weighted by atomic mass is 10.2. The third-order valence-electron chi connectivity index (χ3n) is 2.78. The molecule has 0 unspecified atom stereocenters. The van der Waals surface area contributed by atoms with E-state index in [-0.39, 0.29) is 0 Å². The lowest BCUT2D eigenvalue weighted by Gasteiger charge is -2.14. The summed E-state index contributed by atoms with van der Waals surface area (Å²) in [4.78, 5) is 1.20. The number of thioether (sulfide) groups is 1. The highest BCUT2D eigenvalue weighted by Crippen LogP contribution is 2.34. The normalized spacial score (nSPS) is 10.0. The highest BCUT2D eigenvalue weighted by Gasteiger charge is 2.10. The number of benzene rings is 1. The first-order chi connectivity index (χ1) is 9.26. The van der Waals surface area contributed by atoms with Crippen molar-refractivity contribution < 1.29 is 9.47 Å². The number of terminal acetylenes is 1. The second-order valence-corrected chi connectivity index (χ2v) is 4.85. The molecule has 1 aromatic carbocycles. The predicted molar refractivity (Wildman–Crippen MR) is 81.1 cm³/mol. The average Bonchev–Trinajstić information content (AvgIpc) is 2.46. The number of rotatable bonds is 8. The van der Waals surface area contributed by atoms with E-state index in [9.17, 15) is 0 Å². The molecular weight excluding hydrogens is 258 g/mol. The van der Waals surface area contributed by atoms with Crippen LogP contribution in [0.25, 0.3) is 0 Å². The molecule has 0 heterocycles. The zero-order valence-corrected chi connectivity index (χ0v) is 12.6. The smallest absolute Gasteiger partial charge is 0.161 e. The lowest BCUT2D eigenvalue weighted by Crippen LogP contribution is -2.15. The molecule has 4 heteroatoms. The van der Waals surface area contributed by atoms with Crippen molar-refractivity contribution in [3.05, 3.63) is 17.7 Å². The summed E-state index contributed by atoms with van der Waals surface area (Å²) in [6, 6.07) is 4.04. The predicted octanol–water partition coefficient (Wildman–Crippen LogP) is 2.93. The SMILES string of the molecule is C#CCCCNCc1cc(OC)c(OC)cc1SC. The van der Waals surface area contributed by atoms with Gasteiger partial charge in [-0.15, -0.1) is 24.1 Å². The maximum Gasteiger partial charge on any atom is 0.161 e. The number of nitrogens with one attached hydrogen (secondary N) is 1. The van der Waals surface area contributed by atoms with E-state index in [0.717, 1.165) is 37.4 Å². The van der Waals surface area contributed by atoms with Crippen LogP contribution in [0.3, 0.4) is 0 Å². The Morgan fingerprint density at radius 3 is 2.53 bits per heavy atom. The first-order valence-electron chi connectivity index (χ1n) is 6.19. The van der Waals surface area contributed by atoms with Crippen molar-refractivity contribution >= 4 is 11.8 Å². The van der Waals surface area contributed by atoms with E-state index in [1.54, 1.807) is 26.0 Å². The fourth-order valence-corrected chi connectivity index (χ4v) is 2.39. The maximum absolute atomic E-state index is 5.33. The minimum Gasteiger partial charge on any atom is -0.493 e. The van der Waals surface area contributed by atoms with Crippen LogP contribution in [0, 0.1) is 12.3 Å². The first kappa shape index (κ1) is 15.7. The van der Waals surface area contributed by atoms with Crippen molar-refractivity contribution in [3.8, 4) is 23.8 Å². The lowest BCUT2D eigenvalue weighted by molar-refractivity contribution is 0.353. The molecule has 1 rings (SSSR count). The molecule has 1 aromatic rings. The van der Waals surface area contributed by atoms with Crippen molar-refractivity contribution in [3.63, 3.8) is 0 Å². The van der Waals surface area contributed by atoms with Crippen LogP contribution in [0.1, 0.15) is 18.4 Å². The third-order valence-corrected chi connectivity index (χ3v) is 3.60. The van der Waals surface area contributed by atoms with Gasteiger partial charge in [0.2, 0.25) is 0 Å². The fourth-order valence-electron chi connectivity index (χ4n) is 1.77. The van der Waals surface area contributed by atoms with Crippen LogP contribution in [0.4, 0.5) is 0 Å². The largest absolute Gasteiger partial charge is 0.493 e. The molecule has 0 bridgehead atoms. The van der Waals surface area contributed by atoms with Crippen molar-refractivity contribution in [2.75, 3.05) is 27.0 Å². The summed E-state index contributed by atoms with van der Waals surface area (Å²) in [5, 5.41) is 3.39. The van der Waals surface area contributed by atoms with E-state index >= 15 is 0 Å². The first-order valence-corrected chi connectivity index (χ1v) is 7.42. The van der Waals surface area contributed by atoms with E-state index in [1.165, 1.54) is 10.5 Å². The molecular formula is C15H21NO2S. The molecule has 0 fully saturated rings. The van der Waals surface area contributed by atoms with E-state index in [2.05, 4.69) is 17.5 Å². The van der Waals surface area contributed by atoms with Gasteiger partial charge in [-0.25, -0.2) is 0 Å². The quantitative estimate of drug-likeness (QED) is 0.450. The van der Waals surface area contributed by atoms with Crippen LogP contribution >= 0.6 is 11.8 Å². The van der Waals surface area contributed by atoms with Gasteiger partial charge in [-0.3, -0.25) is 0 Å². The molecule has 0 aliphatic carbocycles. The summed E-state index contributed by atoms with van der Waals surface area (Å²) in [5.74, 6) is 4.17. The van der Waals surface area contributed by atoms with Gasteiger partial charge in [-0.2, -0.15) is 0 Å². The molecule has 0 atom stereocenters. The summed E-state index contributed by atoms with van der Waals surface area (Å²) >= 11 is 1.70. The van der Waals surface area contributed by atoms with Gasteiger partial charge in [-0.05, 0) is 36.9 Å². The van der Waals surface area contributed by atoms with Crippen LogP contribution in [0.2, 0.25) is 0 Å². The van der Waals surface area contributed by atoms with Crippen molar-refractivity contribution in [2.24, 2.45) is 0 Å². The van der Waals surface area contributed by atoms with E-state index in [0.29, 0.717) is 0 Å². The molecule has 1 N–H and O–H groups in total. The summed E-state index contributed by atoms with van der Waals surface area (Å²) in [6.45, 7) is 1.73. The molecule has 0 spiro atoms. The molecule has 3 nitrogen and oxygen atoms in total. The zero-order valence-electron chi connectivity index (χ0n) is 11.8. The van der Waals surface area contributed by atoms with Crippen LogP contribution < -0.4 is 14.8 Å². The number of hydrogen-bond donors (Lipinski definition) is 1. The fraction of sp³-hybridized carbons (Fsp3) is 0.467. The van der Waals surface area contributed by atoms with Gasteiger partial charge >= 0.3 is 0 Å². The minimum absolute atomic E-state index is 0.765. The number of methoxy groups -OCH3 is 2. The molecule has 0 saturated carbocycles. The Hall–Kier alpha value is -1.31. The van der Waals surface area contributed by atoms with Crippen LogP contribution in [-0.4, -0.2) is 27.0 Å². The van der Waals surface area contributed by atoms with Gasteiger partial charge in [0.05, 0.1) is 14.2 Å². The van der Waals surface area contributed by atoms with Crippen molar-refractivity contribution in [2.45, 2.75) is 24.3 Å². The summed E-state index contributed by atoms with van der Waals surface area (Å²) in [7, 11) is 3.31. The van der Waals surface area contributed by atoms with Crippen LogP contribution in [0.15, 0.2) is 17.0 Å². The monoisotopic (exact) mass is 279 g/mol. The Morgan fingerprint density at radius 1 is 1.26 bits per heavy atom. The van der Waals surface area contributed by atoms with Gasteiger partial charge in [0.15, 0.2) is 11.5 Å². The Bertz CT molecular complexity index is 441. The maximum atomic E-state index is 5.33. The Balaban J connectivity index is 2.73. The zero-order chi connectivity index (χ0) is 14.1. The number of hydrogen-bond acceptors (Lipinski definition) is 4.